The predicted octanol–water partition coefficient (Wildman–Crippen LogP) is 3.16. The van der Waals surface area contributed by atoms with E-state index in [9.17, 15) is 18.0 Å². The van der Waals surface area contributed by atoms with Crippen LogP contribution in [0.1, 0.15) is 12.0 Å². The Kier molecular flexibility index (Phi) is 5.92. The second-order valence-electron chi connectivity index (χ2n) is 6.11. The molecule has 0 spiro atoms. The lowest BCUT2D eigenvalue weighted by molar-refractivity contribution is -0.137. The molecule has 9 heteroatoms. The minimum Gasteiger partial charge on any atom is -0.378 e. The molecule has 1 unspecified atom stereocenters. The number of carbonyl (C=O) groups is 1. The summed E-state index contributed by atoms with van der Waals surface area (Å²) in [7, 11) is 0. The van der Waals surface area contributed by atoms with Gasteiger partial charge in [-0.2, -0.15) is 13.2 Å². The second kappa shape index (κ2) is 8.36. The van der Waals surface area contributed by atoms with Crippen molar-refractivity contribution in [1.29, 1.82) is 0 Å². The van der Waals surface area contributed by atoms with Crippen LogP contribution in [0.4, 0.5) is 30.4 Å². The summed E-state index contributed by atoms with van der Waals surface area (Å²) in [6, 6.07) is 9.05. The molecule has 3 rings (SSSR count). The van der Waals surface area contributed by atoms with Crippen LogP contribution in [0.3, 0.4) is 0 Å². The van der Waals surface area contributed by atoms with Crippen LogP contribution >= 0.6 is 0 Å². The van der Waals surface area contributed by atoms with Crippen LogP contribution in [-0.4, -0.2) is 36.7 Å². The first-order valence-electron chi connectivity index (χ1n) is 8.41. The van der Waals surface area contributed by atoms with E-state index < -0.39 is 11.7 Å². The number of morpholine rings is 1. The highest BCUT2D eigenvalue weighted by Crippen LogP contribution is 2.29. The van der Waals surface area contributed by atoms with Crippen molar-refractivity contribution in [3.8, 4) is 0 Å². The third-order valence-corrected chi connectivity index (χ3v) is 3.96. The summed E-state index contributed by atoms with van der Waals surface area (Å²) in [6.07, 6.45) is -3.32. The minimum atomic E-state index is -4.41. The number of amides is 1. The number of anilines is 3. The van der Waals surface area contributed by atoms with Crippen LogP contribution in [0.5, 0.6) is 0 Å². The Bertz CT molecular complexity index is 758. The fourth-order valence-corrected chi connectivity index (χ4v) is 2.61. The lowest BCUT2D eigenvalue weighted by Crippen LogP contribution is -2.43. The molecule has 2 heterocycles. The fourth-order valence-electron chi connectivity index (χ4n) is 2.61. The van der Waals surface area contributed by atoms with Gasteiger partial charge in [0.25, 0.3) is 0 Å². The van der Waals surface area contributed by atoms with Crippen molar-refractivity contribution in [2.75, 3.05) is 30.4 Å². The van der Waals surface area contributed by atoms with E-state index in [1.807, 2.05) is 0 Å². The third-order valence-electron chi connectivity index (χ3n) is 3.96. The molecule has 3 N–H and O–H groups in total. The zero-order chi connectivity index (χ0) is 19.3. The molecule has 0 radical (unpaired) electrons. The maximum atomic E-state index is 12.5. The van der Waals surface area contributed by atoms with Crippen LogP contribution in [0, 0.1) is 0 Å². The smallest absolute Gasteiger partial charge is 0.378 e. The number of ether oxygens (including phenoxy) is 1. The maximum absolute atomic E-state index is 12.5. The molecule has 1 fully saturated rings. The van der Waals surface area contributed by atoms with Gasteiger partial charge >= 0.3 is 6.18 Å². The number of halogens is 3. The van der Waals surface area contributed by atoms with E-state index in [-0.39, 0.29) is 11.9 Å². The Morgan fingerprint density at radius 2 is 1.93 bits per heavy atom. The summed E-state index contributed by atoms with van der Waals surface area (Å²) >= 11 is 0. The van der Waals surface area contributed by atoms with Crippen molar-refractivity contribution >= 4 is 23.1 Å². The Hall–Kier alpha value is -2.65. The molecule has 1 amide bonds. The largest absolute Gasteiger partial charge is 0.417 e. The summed E-state index contributed by atoms with van der Waals surface area (Å²) in [5, 5.41) is 8.92. The van der Waals surface area contributed by atoms with Crippen molar-refractivity contribution in [3.05, 3.63) is 48.2 Å². The Balaban J connectivity index is 1.53. The number of nitrogens with zero attached hydrogens (tertiary/aromatic N) is 1. The van der Waals surface area contributed by atoms with Gasteiger partial charge in [0.05, 0.1) is 18.8 Å². The molecular weight excluding hydrogens is 361 g/mol. The van der Waals surface area contributed by atoms with Crippen LogP contribution in [0.2, 0.25) is 0 Å². The average Bonchev–Trinajstić information content (AvgIpc) is 2.64. The molecule has 1 atom stereocenters. The van der Waals surface area contributed by atoms with Crippen molar-refractivity contribution in [3.63, 3.8) is 0 Å². The van der Waals surface area contributed by atoms with Crippen LogP contribution in [-0.2, 0) is 15.7 Å². The molecular formula is C18H19F3N4O2. The molecule has 2 aromatic rings. The number of hydrogen-bond donors (Lipinski definition) is 3. The highest BCUT2D eigenvalue weighted by Gasteiger charge is 2.30. The third kappa shape index (κ3) is 5.66. The van der Waals surface area contributed by atoms with Gasteiger partial charge in [0, 0.05) is 36.6 Å². The van der Waals surface area contributed by atoms with Gasteiger partial charge in [0.2, 0.25) is 5.91 Å². The minimum absolute atomic E-state index is 0.00503. The van der Waals surface area contributed by atoms with Crippen LogP contribution < -0.4 is 16.0 Å². The topological polar surface area (TPSA) is 75.3 Å². The summed E-state index contributed by atoms with van der Waals surface area (Å²) < 4.78 is 42.9. The number of hydrogen-bond acceptors (Lipinski definition) is 5. The zero-order valence-corrected chi connectivity index (χ0v) is 14.3. The number of nitrogens with one attached hydrogen (secondary N) is 3. The molecule has 6 nitrogen and oxygen atoms in total. The van der Waals surface area contributed by atoms with Crippen molar-refractivity contribution in [2.24, 2.45) is 0 Å². The van der Waals surface area contributed by atoms with Gasteiger partial charge < -0.3 is 20.7 Å². The molecule has 27 heavy (non-hydrogen) atoms. The van der Waals surface area contributed by atoms with Gasteiger partial charge in [-0.05, 0) is 36.4 Å². The molecule has 1 aliphatic rings. The van der Waals surface area contributed by atoms with Gasteiger partial charge in [-0.25, -0.2) is 4.98 Å². The van der Waals surface area contributed by atoms with Gasteiger partial charge in [-0.3, -0.25) is 4.79 Å². The highest BCUT2D eigenvalue weighted by atomic mass is 19.4. The Morgan fingerprint density at radius 3 is 2.52 bits per heavy atom. The molecule has 0 saturated carbocycles. The first kappa shape index (κ1) is 19.1. The number of alkyl halides is 3. The second-order valence-corrected chi connectivity index (χ2v) is 6.11. The van der Waals surface area contributed by atoms with E-state index >= 15 is 0 Å². The van der Waals surface area contributed by atoms with E-state index in [0.717, 1.165) is 18.8 Å². The molecule has 0 bridgehead atoms. The highest BCUT2D eigenvalue weighted by molar-refractivity contribution is 5.91. The maximum Gasteiger partial charge on any atom is 0.417 e. The van der Waals surface area contributed by atoms with Gasteiger partial charge in [0.15, 0.2) is 0 Å². The molecule has 0 aliphatic carbocycles. The predicted molar refractivity (Wildman–Crippen MR) is 94.8 cm³/mol. The average molecular weight is 380 g/mol. The fraction of sp³-hybridized carbons (Fsp3) is 0.333. The summed E-state index contributed by atoms with van der Waals surface area (Å²) in [6.45, 7) is 1.90. The molecule has 1 aromatic carbocycles. The lowest BCUT2D eigenvalue weighted by atomic mass is 10.2. The van der Waals surface area contributed by atoms with Crippen LogP contribution in [0.25, 0.3) is 0 Å². The van der Waals surface area contributed by atoms with E-state index in [1.54, 1.807) is 24.3 Å². The lowest BCUT2D eigenvalue weighted by Gasteiger charge is -2.23. The van der Waals surface area contributed by atoms with E-state index in [0.29, 0.717) is 36.8 Å². The van der Waals surface area contributed by atoms with Gasteiger partial charge in [-0.15, -0.1) is 0 Å². The number of carbonyl (C=O) groups excluding carboxylic acids is 1. The zero-order valence-electron chi connectivity index (χ0n) is 14.3. The quantitative estimate of drug-likeness (QED) is 0.743. The monoisotopic (exact) mass is 380 g/mol. The van der Waals surface area contributed by atoms with E-state index in [1.165, 1.54) is 6.07 Å². The summed E-state index contributed by atoms with van der Waals surface area (Å²) in [5.41, 5.74) is 0.467. The first-order chi connectivity index (χ1) is 12.9. The molecule has 1 aromatic heterocycles. The summed E-state index contributed by atoms with van der Waals surface area (Å²) in [5.74, 6) is 0.172. The van der Waals surface area contributed by atoms with Crippen molar-refractivity contribution < 1.29 is 22.7 Å². The normalized spacial score (nSPS) is 17.4. The Labute approximate surface area is 154 Å². The number of benzene rings is 1. The molecule has 1 aliphatic heterocycles. The van der Waals surface area contributed by atoms with Crippen LogP contribution in [0.15, 0.2) is 42.6 Å². The van der Waals surface area contributed by atoms with E-state index in [2.05, 4.69) is 20.9 Å². The van der Waals surface area contributed by atoms with Gasteiger partial charge in [-0.1, -0.05) is 0 Å². The Morgan fingerprint density at radius 1 is 1.19 bits per heavy atom. The molecule has 144 valence electrons. The molecule has 1 saturated heterocycles. The first-order valence-corrected chi connectivity index (χ1v) is 8.41. The van der Waals surface area contributed by atoms with Crippen molar-refractivity contribution in [2.45, 2.75) is 18.6 Å². The van der Waals surface area contributed by atoms with Crippen molar-refractivity contribution in [1.82, 2.24) is 10.3 Å². The standard InChI is InChI=1S/C18H19F3N4O2/c19-18(20,21)12-1-6-16(23-10-12)24-13-2-4-14(5-3-13)25-17(26)9-15-11-27-8-7-22-15/h1-6,10,15,22H,7-9,11H2,(H,23,24)(H,25,26). The van der Waals surface area contributed by atoms with E-state index in [4.69, 9.17) is 4.74 Å². The van der Waals surface area contributed by atoms with Gasteiger partial charge in [0.1, 0.15) is 5.82 Å². The summed E-state index contributed by atoms with van der Waals surface area (Å²) in [4.78, 5) is 15.8. The number of pyridine rings is 1. The number of rotatable bonds is 5. The SMILES string of the molecule is O=C(CC1COCCN1)Nc1ccc(Nc2ccc(C(F)(F)F)cn2)cc1. The number of aromatic nitrogens is 1.